The Morgan fingerprint density at radius 3 is 2.70 bits per heavy atom. The van der Waals surface area contributed by atoms with Gasteiger partial charge in [0, 0.05) is 43.3 Å². The second-order valence-corrected chi connectivity index (χ2v) is 11.5. The average molecular weight is 630 g/mol. The molecule has 0 unspecified atom stereocenters. The molecule has 9 heteroatoms. The molecule has 0 atom stereocenters. The number of nitrogens with zero attached hydrogens (tertiary/aromatic N) is 4. The standard InChI is InChI=1S/C38H39N5O4/c1-3-47-37(45)25-43-19-17-29-21-27(10-13-30(29)24-43)11-14-35-33(22-39)32(16-18-40-35)31-8-6-9-34(26(31)2)42-38(46)36-15-12-28(23-41-36)7-4-5-20-44/h6,8-16,18,21,23,44H,3-5,7,17,19-20,24-25H2,1-2H3,(H,42,46)/b14-11+. The normalized spacial score (nSPS) is 12.8. The summed E-state index contributed by atoms with van der Waals surface area (Å²) in [4.78, 5) is 35.9. The second kappa shape index (κ2) is 15.9. The number of aryl methyl sites for hydroxylation is 1. The zero-order valence-corrected chi connectivity index (χ0v) is 26.8. The Balaban J connectivity index is 1.31. The van der Waals surface area contributed by atoms with E-state index in [2.05, 4.69) is 38.4 Å². The Labute approximate surface area is 275 Å². The molecule has 9 nitrogen and oxygen atoms in total. The minimum absolute atomic E-state index is 0.163. The maximum atomic E-state index is 13.1. The van der Waals surface area contributed by atoms with Crippen LogP contribution in [-0.2, 0) is 28.9 Å². The Hall–Kier alpha value is -5.17. The fourth-order valence-corrected chi connectivity index (χ4v) is 5.78. The lowest BCUT2D eigenvalue weighted by molar-refractivity contribution is -0.144. The highest BCUT2D eigenvalue weighted by Gasteiger charge is 2.19. The molecule has 47 heavy (non-hydrogen) atoms. The SMILES string of the molecule is CCOC(=O)CN1CCc2cc(/C=C/c3nccc(-c4cccc(NC(=O)c5ccc(CCCCO)cn5)c4C)c3C#N)ccc2C1. The van der Waals surface area contributed by atoms with Crippen molar-refractivity contribution < 1.29 is 19.4 Å². The third-order valence-electron chi connectivity index (χ3n) is 8.31. The van der Waals surface area contributed by atoms with Crippen LogP contribution in [-0.4, -0.2) is 58.2 Å². The van der Waals surface area contributed by atoms with Crippen LogP contribution in [0.25, 0.3) is 23.3 Å². The van der Waals surface area contributed by atoms with E-state index < -0.39 is 0 Å². The van der Waals surface area contributed by atoms with E-state index in [1.165, 1.54) is 11.1 Å². The molecular formula is C38H39N5O4. The molecule has 0 saturated heterocycles. The van der Waals surface area contributed by atoms with Crippen molar-refractivity contribution in [3.05, 3.63) is 112 Å². The van der Waals surface area contributed by atoms with Crippen molar-refractivity contribution in [2.24, 2.45) is 0 Å². The molecule has 0 radical (unpaired) electrons. The minimum Gasteiger partial charge on any atom is -0.465 e. The van der Waals surface area contributed by atoms with Crippen LogP contribution in [0.1, 0.15) is 69.3 Å². The number of nitriles is 1. The van der Waals surface area contributed by atoms with Crippen molar-refractivity contribution in [3.63, 3.8) is 0 Å². The van der Waals surface area contributed by atoms with Crippen LogP contribution >= 0.6 is 0 Å². The number of carbonyl (C=O) groups excluding carboxylic acids is 2. The molecule has 1 aliphatic heterocycles. The van der Waals surface area contributed by atoms with Crippen LogP contribution in [0.4, 0.5) is 5.69 Å². The first-order chi connectivity index (χ1) is 22.9. The fraction of sp³-hybridized carbons (Fsp3) is 0.289. The molecule has 0 saturated carbocycles. The van der Waals surface area contributed by atoms with Crippen molar-refractivity contribution in [1.29, 1.82) is 5.26 Å². The number of rotatable bonds is 12. The fourth-order valence-electron chi connectivity index (χ4n) is 5.78. The monoisotopic (exact) mass is 629 g/mol. The molecule has 0 spiro atoms. The number of fused-ring (bicyclic) bond motifs is 1. The highest BCUT2D eigenvalue weighted by atomic mass is 16.5. The van der Waals surface area contributed by atoms with Crippen LogP contribution in [0, 0.1) is 18.3 Å². The van der Waals surface area contributed by atoms with Gasteiger partial charge in [-0.3, -0.25) is 24.5 Å². The molecule has 1 aliphatic rings. The van der Waals surface area contributed by atoms with Gasteiger partial charge in [-0.05, 0) is 97.2 Å². The van der Waals surface area contributed by atoms with E-state index in [0.29, 0.717) is 42.3 Å². The van der Waals surface area contributed by atoms with Crippen molar-refractivity contribution in [2.45, 2.75) is 46.1 Å². The maximum absolute atomic E-state index is 13.1. The van der Waals surface area contributed by atoms with Gasteiger partial charge in [0.05, 0.1) is 24.4 Å². The number of anilines is 1. The van der Waals surface area contributed by atoms with Gasteiger partial charge < -0.3 is 15.2 Å². The summed E-state index contributed by atoms with van der Waals surface area (Å²) in [6.45, 7) is 6.06. The Morgan fingerprint density at radius 1 is 1.06 bits per heavy atom. The number of carbonyl (C=O) groups is 2. The van der Waals surface area contributed by atoms with Crippen molar-refractivity contribution in [2.75, 3.05) is 31.6 Å². The van der Waals surface area contributed by atoms with E-state index in [4.69, 9.17) is 9.84 Å². The number of nitrogens with one attached hydrogen (secondary N) is 1. The van der Waals surface area contributed by atoms with Crippen LogP contribution in [0.2, 0.25) is 0 Å². The Bertz CT molecular complexity index is 1810. The van der Waals surface area contributed by atoms with E-state index in [0.717, 1.165) is 60.0 Å². The number of amides is 1. The number of aliphatic hydroxyl groups is 1. The summed E-state index contributed by atoms with van der Waals surface area (Å²) < 4.78 is 5.10. The summed E-state index contributed by atoms with van der Waals surface area (Å²) in [5.74, 6) is -0.516. The highest BCUT2D eigenvalue weighted by molar-refractivity contribution is 6.03. The van der Waals surface area contributed by atoms with Crippen LogP contribution in [0.5, 0.6) is 0 Å². The Morgan fingerprint density at radius 2 is 1.94 bits per heavy atom. The van der Waals surface area contributed by atoms with Gasteiger partial charge in [-0.2, -0.15) is 5.26 Å². The smallest absolute Gasteiger partial charge is 0.320 e. The molecule has 4 aromatic rings. The summed E-state index contributed by atoms with van der Waals surface area (Å²) in [5, 5.41) is 22.2. The second-order valence-electron chi connectivity index (χ2n) is 11.5. The molecule has 0 bridgehead atoms. The van der Waals surface area contributed by atoms with Crippen LogP contribution in [0.3, 0.4) is 0 Å². The number of benzene rings is 2. The number of ether oxygens (including phenoxy) is 1. The highest BCUT2D eigenvalue weighted by Crippen LogP contribution is 2.32. The molecule has 2 N–H and O–H groups in total. The number of aliphatic hydroxyl groups excluding tert-OH is 1. The Kier molecular flexibility index (Phi) is 11.2. The molecule has 5 rings (SSSR count). The van der Waals surface area contributed by atoms with Gasteiger partial charge in [0.1, 0.15) is 11.8 Å². The molecule has 0 aliphatic carbocycles. The van der Waals surface area contributed by atoms with Crippen LogP contribution in [0.15, 0.2) is 67.0 Å². The molecule has 1 amide bonds. The van der Waals surface area contributed by atoms with Crippen molar-refractivity contribution in [1.82, 2.24) is 14.9 Å². The molecule has 3 heterocycles. The van der Waals surface area contributed by atoms with Gasteiger partial charge in [0.25, 0.3) is 5.91 Å². The van der Waals surface area contributed by atoms with Gasteiger partial charge in [0.15, 0.2) is 0 Å². The summed E-state index contributed by atoms with van der Waals surface area (Å²) in [6, 6.07) is 19.7. The molecule has 240 valence electrons. The van der Waals surface area contributed by atoms with E-state index in [-0.39, 0.29) is 18.5 Å². The maximum Gasteiger partial charge on any atom is 0.320 e. The topological polar surface area (TPSA) is 128 Å². The summed E-state index contributed by atoms with van der Waals surface area (Å²) in [7, 11) is 0. The van der Waals surface area contributed by atoms with E-state index in [1.807, 2.05) is 62.4 Å². The first-order valence-corrected chi connectivity index (χ1v) is 15.9. The molecular weight excluding hydrogens is 590 g/mol. The summed E-state index contributed by atoms with van der Waals surface area (Å²) in [6.07, 6.45) is 10.5. The zero-order valence-electron chi connectivity index (χ0n) is 26.8. The number of unbranched alkanes of at least 4 members (excludes halogenated alkanes) is 1. The van der Waals surface area contributed by atoms with Crippen LogP contribution < -0.4 is 5.32 Å². The average Bonchev–Trinajstić information content (AvgIpc) is 3.08. The van der Waals surface area contributed by atoms with Gasteiger partial charge in [-0.15, -0.1) is 0 Å². The molecule has 0 fully saturated rings. The quantitative estimate of drug-likeness (QED) is 0.145. The number of hydrogen-bond donors (Lipinski definition) is 2. The third kappa shape index (κ3) is 8.36. The number of aromatic nitrogens is 2. The summed E-state index contributed by atoms with van der Waals surface area (Å²) >= 11 is 0. The first kappa shape index (κ1) is 33.2. The predicted octanol–water partition coefficient (Wildman–Crippen LogP) is 5.98. The van der Waals surface area contributed by atoms with E-state index in [9.17, 15) is 14.9 Å². The van der Waals surface area contributed by atoms with Gasteiger partial charge in [-0.1, -0.05) is 42.5 Å². The number of pyridine rings is 2. The molecule has 2 aromatic heterocycles. The zero-order chi connectivity index (χ0) is 33.2. The minimum atomic E-state index is -0.317. The van der Waals surface area contributed by atoms with Gasteiger partial charge >= 0.3 is 5.97 Å². The lowest BCUT2D eigenvalue weighted by atomic mass is 9.94. The van der Waals surface area contributed by atoms with E-state index >= 15 is 0 Å². The first-order valence-electron chi connectivity index (χ1n) is 15.9. The molecule has 2 aromatic carbocycles. The summed E-state index contributed by atoms with van der Waals surface area (Å²) in [5.41, 5.74) is 8.79. The predicted molar refractivity (Wildman–Crippen MR) is 182 cm³/mol. The van der Waals surface area contributed by atoms with Gasteiger partial charge in [-0.25, -0.2) is 0 Å². The third-order valence-corrected chi connectivity index (χ3v) is 8.31. The van der Waals surface area contributed by atoms with E-state index in [1.54, 1.807) is 18.5 Å². The van der Waals surface area contributed by atoms with Crippen molar-refractivity contribution >= 4 is 29.7 Å². The number of hydrogen-bond acceptors (Lipinski definition) is 8. The lowest BCUT2D eigenvalue weighted by Crippen LogP contribution is -2.35. The van der Waals surface area contributed by atoms with Gasteiger partial charge in [0.2, 0.25) is 0 Å². The number of esters is 1. The lowest BCUT2D eigenvalue weighted by Gasteiger charge is -2.28. The largest absolute Gasteiger partial charge is 0.465 e. The van der Waals surface area contributed by atoms with Crippen molar-refractivity contribution in [3.8, 4) is 17.2 Å².